The zero-order valence-corrected chi connectivity index (χ0v) is 14.7. The first-order valence-corrected chi connectivity index (χ1v) is 8.70. The third-order valence-corrected chi connectivity index (χ3v) is 6.57. The minimum absolute atomic E-state index is 0.253. The van der Waals surface area contributed by atoms with Crippen LogP contribution in [0, 0.1) is 24.2 Å². The van der Waals surface area contributed by atoms with Crippen LogP contribution in [0.2, 0.25) is 0 Å². The molecule has 1 nitrogen and oxygen atoms in total. The standard InChI is InChI=1S/C16H23BrOS/c1-10-13(17)9-14(19-10)15(18)11-5-7-12(8-6-11)16(2,3)4/h9,11-12H,5-8H2,1-4H3. The molecule has 0 spiro atoms. The molecule has 0 unspecified atom stereocenters. The summed E-state index contributed by atoms with van der Waals surface area (Å²) in [7, 11) is 0. The Balaban J connectivity index is 2.00. The molecule has 0 bridgehead atoms. The monoisotopic (exact) mass is 342 g/mol. The van der Waals surface area contributed by atoms with Crippen LogP contribution in [0.5, 0.6) is 0 Å². The average Bonchev–Trinajstić information content (AvgIpc) is 2.68. The van der Waals surface area contributed by atoms with E-state index in [1.807, 2.05) is 6.07 Å². The summed E-state index contributed by atoms with van der Waals surface area (Å²) < 4.78 is 1.07. The molecule has 2 rings (SSSR count). The van der Waals surface area contributed by atoms with Gasteiger partial charge in [-0.3, -0.25) is 4.79 Å². The Bertz CT molecular complexity index is 442. The van der Waals surface area contributed by atoms with Crippen molar-refractivity contribution in [2.75, 3.05) is 0 Å². The lowest BCUT2D eigenvalue weighted by Crippen LogP contribution is -2.28. The quantitative estimate of drug-likeness (QED) is 0.615. The molecular formula is C16H23BrOS. The van der Waals surface area contributed by atoms with Crippen molar-refractivity contribution in [1.82, 2.24) is 0 Å². The maximum atomic E-state index is 12.5. The normalized spacial score (nSPS) is 24.5. The molecule has 0 aromatic carbocycles. The number of rotatable bonds is 2. The second kappa shape index (κ2) is 5.69. The fourth-order valence-corrected chi connectivity index (χ4v) is 4.56. The second-order valence-corrected chi connectivity index (χ2v) is 8.90. The highest BCUT2D eigenvalue weighted by Gasteiger charge is 2.33. The molecule has 0 radical (unpaired) electrons. The smallest absolute Gasteiger partial charge is 0.175 e. The summed E-state index contributed by atoms with van der Waals surface area (Å²) in [4.78, 5) is 14.6. The van der Waals surface area contributed by atoms with Gasteiger partial charge in [0.2, 0.25) is 0 Å². The Hall–Kier alpha value is -0.150. The summed E-state index contributed by atoms with van der Waals surface area (Å²) in [6, 6.07) is 2.00. The van der Waals surface area contributed by atoms with E-state index >= 15 is 0 Å². The number of Topliss-reactive ketones (excluding diaryl/α,β-unsaturated/α-hetero) is 1. The highest BCUT2D eigenvalue weighted by Crippen LogP contribution is 2.41. The molecule has 0 saturated heterocycles. The number of thiophene rings is 1. The number of hydrogen-bond donors (Lipinski definition) is 0. The Morgan fingerprint density at radius 2 is 1.84 bits per heavy atom. The van der Waals surface area contributed by atoms with E-state index in [0.717, 1.165) is 28.1 Å². The first kappa shape index (κ1) is 15.2. The molecule has 1 fully saturated rings. The Morgan fingerprint density at radius 3 is 2.26 bits per heavy atom. The van der Waals surface area contributed by atoms with Crippen molar-refractivity contribution in [3.8, 4) is 0 Å². The largest absolute Gasteiger partial charge is 0.293 e. The van der Waals surface area contributed by atoms with E-state index < -0.39 is 0 Å². The predicted octanol–water partition coefficient (Wildman–Crippen LogP) is 5.85. The number of carbonyl (C=O) groups is 1. The molecule has 1 aliphatic carbocycles. The summed E-state index contributed by atoms with van der Waals surface area (Å²) in [5, 5.41) is 0. The minimum atomic E-state index is 0.253. The Morgan fingerprint density at radius 1 is 1.26 bits per heavy atom. The van der Waals surface area contributed by atoms with E-state index in [1.54, 1.807) is 11.3 Å². The molecule has 0 N–H and O–H groups in total. The number of hydrogen-bond acceptors (Lipinski definition) is 2. The van der Waals surface area contributed by atoms with Crippen LogP contribution in [0.1, 0.15) is 61.0 Å². The van der Waals surface area contributed by atoms with Crippen molar-refractivity contribution >= 4 is 33.0 Å². The highest BCUT2D eigenvalue weighted by molar-refractivity contribution is 9.10. The van der Waals surface area contributed by atoms with E-state index in [9.17, 15) is 4.79 Å². The number of ketones is 1. The van der Waals surface area contributed by atoms with Crippen LogP contribution in [0.15, 0.2) is 10.5 Å². The first-order chi connectivity index (χ1) is 8.79. The van der Waals surface area contributed by atoms with Crippen LogP contribution in [0.25, 0.3) is 0 Å². The number of carbonyl (C=O) groups excluding carboxylic acids is 1. The van der Waals surface area contributed by atoms with Gasteiger partial charge in [-0.1, -0.05) is 20.8 Å². The second-order valence-electron chi connectivity index (χ2n) is 6.79. The summed E-state index contributed by atoms with van der Waals surface area (Å²) >= 11 is 5.13. The van der Waals surface area contributed by atoms with Gasteiger partial charge >= 0.3 is 0 Å². The summed E-state index contributed by atoms with van der Waals surface area (Å²) in [6.07, 6.45) is 4.53. The van der Waals surface area contributed by atoms with E-state index in [2.05, 4.69) is 43.6 Å². The van der Waals surface area contributed by atoms with Crippen molar-refractivity contribution < 1.29 is 4.79 Å². The van der Waals surface area contributed by atoms with E-state index in [0.29, 0.717) is 11.2 Å². The van der Waals surface area contributed by atoms with E-state index in [4.69, 9.17) is 0 Å². The maximum Gasteiger partial charge on any atom is 0.175 e. The van der Waals surface area contributed by atoms with E-state index in [1.165, 1.54) is 17.7 Å². The highest BCUT2D eigenvalue weighted by atomic mass is 79.9. The van der Waals surface area contributed by atoms with Gasteiger partial charge in [-0.2, -0.15) is 0 Å². The van der Waals surface area contributed by atoms with Gasteiger partial charge in [0.05, 0.1) is 4.88 Å². The molecule has 3 heteroatoms. The summed E-state index contributed by atoms with van der Waals surface area (Å²) in [6.45, 7) is 9.01. The van der Waals surface area contributed by atoms with Gasteiger partial charge < -0.3 is 0 Å². The first-order valence-electron chi connectivity index (χ1n) is 7.09. The van der Waals surface area contributed by atoms with Gasteiger partial charge in [0, 0.05) is 15.3 Å². The molecule has 1 heterocycles. The fourth-order valence-electron chi connectivity index (χ4n) is 3.00. The molecule has 19 heavy (non-hydrogen) atoms. The molecule has 0 aliphatic heterocycles. The lowest BCUT2D eigenvalue weighted by Gasteiger charge is -2.36. The summed E-state index contributed by atoms with van der Waals surface area (Å²) in [5.41, 5.74) is 0.385. The van der Waals surface area contributed by atoms with Crippen molar-refractivity contribution in [2.45, 2.75) is 53.4 Å². The van der Waals surface area contributed by atoms with Gasteiger partial charge in [0.15, 0.2) is 5.78 Å². The van der Waals surface area contributed by atoms with Crippen LogP contribution in [0.3, 0.4) is 0 Å². The van der Waals surface area contributed by atoms with Crippen LogP contribution >= 0.6 is 27.3 Å². The maximum absolute atomic E-state index is 12.5. The molecule has 0 atom stereocenters. The van der Waals surface area contributed by atoms with Gasteiger partial charge in [0.25, 0.3) is 0 Å². The van der Waals surface area contributed by atoms with Crippen LogP contribution in [-0.4, -0.2) is 5.78 Å². The van der Waals surface area contributed by atoms with Crippen molar-refractivity contribution in [3.63, 3.8) is 0 Å². The third kappa shape index (κ3) is 3.49. The number of halogens is 1. The van der Waals surface area contributed by atoms with Crippen molar-refractivity contribution in [1.29, 1.82) is 0 Å². The van der Waals surface area contributed by atoms with Gasteiger partial charge in [-0.25, -0.2) is 0 Å². The third-order valence-electron chi connectivity index (χ3n) is 4.42. The van der Waals surface area contributed by atoms with Crippen LogP contribution < -0.4 is 0 Å². The lowest BCUT2D eigenvalue weighted by atomic mass is 9.69. The molecule has 0 amide bonds. The molecule has 1 aromatic rings. The Labute approximate surface area is 128 Å². The number of aryl methyl sites for hydroxylation is 1. The Kier molecular flexibility index (Phi) is 4.56. The fraction of sp³-hybridized carbons (Fsp3) is 0.688. The SMILES string of the molecule is Cc1sc(C(=O)C2CCC(C(C)(C)C)CC2)cc1Br. The zero-order valence-electron chi connectivity index (χ0n) is 12.3. The molecular weight excluding hydrogens is 320 g/mol. The van der Waals surface area contributed by atoms with Crippen molar-refractivity contribution in [2.24, 2.45) is 17.3 Å². The molecule has 106 valence electrons. The van der Waals surface area contributed by atoms with Gasteiger partial charge in [0.1, 0.15) is 0 Å². The molecule has 1 saturated carbocycles. The zero-order chi connectivity index (χ0) is 14.2. The molecule has 1 aliphatic rings. The summed E-state index contributed by atoms with van der Waals surface area (Å²) in [5.74, 6) is 1.39. The topological polar surface area (TPSA) is 17.1 Å². The van der Waals surface area contributed by atoms with Crippen LogP contribution in [-0.2, 0) is 0 Å². The van der Waals surface area contributed by atoms with Gasteiger partial charge in [-0.15, -0.1) is 11.3 Å². The van der Waals surface area contributed by atoms with Gasteiger partial charge in [-0.05, 0) is 65.9 Å². The average molecular weight is 343 g/mol. The molecule has 1 aromatic heterocycles. The van der Waals surface area contributed by atoms with Crippen molar-refractivity contribution in [3.05, 3.63) is 20.3 Å². The van der Waals surface area contributed by atoms with Crippen LogP contribution in [0.4, 0.5) is 0 Å². The lowest BCUT2D eigenvalue weighted by molar-refractivity contribution is 0.0823. The minimum Gasteiger partial charge on any atom is -0.293 e. The van der Waals surface area contributed by atoms with E-state index in [-0.39, 0.29) is 5.92 Å². The predicted molar refractivity (Wildman–Crippen MR) is 86.0 cm³/mol.